The van der Waals surface area contributed by atoms with E-state index in [1.54, 1.807) is 6.07 Å². The minimum atomic E-state index is -0.615. The van der Waals surface area contributed by atoms with E-state index in [0.29, 0.717) is 10.2 Å². The van der Waals surface area contributed by atoms with Crippen LogP contribution >= 0.6 is 15.9 Å². The number of carbonyl (C=O) groups is 1. The smallest absolute Gasteiger partial charge is 0.259 e. The molecule has 0 fully saturated rings. The molecule has 2 rings (SSSR count). The number of hydrogen-bond donors (Lipinski definition) is 2. The number of amides is 1. The van der Waals surface area contributed by atoms with Crippen LogP contribution in [0, 0.1) is 5.82 Å². The van der Waals surface area contributed by atoms with Gasteiger partial charge in [-0.1, -0.05) is 6.07 Å². The maximum absolute atomic E-state index is 13.6. The minimum absolute atomic E-state index is 0.0210. The molecule has 0 heterocycles. The Bertz CT molecular complexity index is 641. The molecule has 20 heavy (non-hydrogen) atoms. The lowest BCUT2D eigenvalue weighted by Gasteiger charge is -2.10. The van der Waals surface area contributed by atoms with Gasteiger partial charge in [0.15, 0.2) is 0 Å². The monoisotopic (exact) mass is 339 g/mol. The van der Waals surface area contributed by atoms with Gasteiger partial charge in [0.2, 0.25) is 0 Å². The highest BCUT2D eigenvalue weighted by atomic mass is 79.9. The molecule has 0 aliphatic heterocycles. The van der Waals surface area contributed by atoms with Gasteiger partial charge in [-0.3, -0.25) is 4.79 Å². The lowest BCUT2D eigenvalue weighted by molar-refractivity contribution is 0.102. The van der Waals surface area contributed by atoms with Gasteiger partial charge in [0.1, 0.15) is 17.3 Å². The zero-order chi connectivity index (χ0) is 14.7. The average Bonchev–Trinajstić information content (AvgIpc) is 2.42. The van der Waals surface area contributed by atoms with Crippen molar-refractivity contribution in [2.24, 2.45) is 0 Å². The Morgan fingerprint density at radius 3 is 2.70 bits per heavy atom. The van der Waals surface area contributed by atoms with Gasteiger partial charge < -0.3 is 15.2 Å². The number of nitrogens with one attached hydrogen (secondary N) is 1. The van der Waals surface area contributed by atoms with Crippen LogP contribution in [-0.4, -0.2) is 18.1 Å². The van der Waals surface area contributed by atoms with Gasteiger partial charge >= 0.3 is 0 Å². The Morgan fingerprint density at radius 2 is 2.10 bits per heavy atom. The van der Waals surface area contributed by atoms with Gasteiger partial charge in [-0.2, -0.15) is 0 Å². The van der Waals surface area contributed by atoms with Crippen LogP contribution < -0.4 is 10.1 Å². The van der Waals surface area contributed by atoms with Crippen molar-refractivity contribution in [3.8, 4) is 11.5 Å². The SMILES string of the molecule is COc1ccc(C(=O)Nc2c(F)cccc2Br)c(O)c1. The summed E-state index contributed by atoms with van der Waals surface area (Å²) in [5, 5.41) is 12.2. The number of hydrogen-bond acceptors (Lipinski definition) is 3. The molecule has 6 heteroatoms. The lowest BCUT2D eigenvalue weighted by Crippen LogP contribution is -2.13. The highest BCUT2D eigenvalue weighted by molar-refractivity contribution is 9.10. The van der Waals surface area contributed by atoms with E-state index in [1.165, 1.54) is 37.4 Å². The first-order valence-corrected chi connectivity index (χ1v) is 6.44. The molecule has 0 bridgehead atoms. The van der Waals surface area contributed by atoms with Crippen molar-refractivity contribution in [1.29, 1.82) is 0 Å². The van der Waals surface area contributed by atoms with Crippen molar-refractivity contribution in [2.75, 3.05) is 12.4 Å². The first-order valence-electron chi connectivity index (χ1n) is 5.65. The fourth-order valence-corrected chi connectivity index (χ4v) is 2.07. The van der Waals surface area contributed by atoms with Crippen LogP contribution in [0.2, 0.25) is 0 Å². The molecule has 0 saturated carbocycles. The first kappa shape index (κ1) is 14.3. The van der Waals surface area contributed by atoms with Gasteiger partial charge in [-0.15, -0.1) is 0 Å². The summed E-state index contributed by atoms with van der Waals surface area (Å²) in [5.41, 5.74) is 0.0497. The van der Waals surface area contributed by atoms with Gasteiger partial charge in [0.05, 0.1) is 18.4 Å². The van der Waals surface area contributed by atoms with E-state index in [2.05, 4.69) is 21.2 Å². The average molecular weight is 340 g/mol. The molecular weight excluding hydrogens is 329 g/mol. The van der Waals surface area contributed by atoms with Crippen molar-refractivity contribution in [2.45, 2.75) is 0 Å². The molecule has 0 unspecified atom stereocenters. The number of aromatic hydroxyl groups is 1. The maximum Gasteiger partial charge on any atom is 0.259 e. The quantitative estimate of drug-likeness (QED) is 0.898. The van der Waals surface area contributed by atoms with Gasteiger partial charge in [-0.25, -0.2) is 4.39 Å². The van der Waals surface area contributed by atoms with Crippen LogP contribution in [0.5, 0.6) is 11.5 Å². The number of phenolic OH excluding ortho intramolecular Hbond substituents is 1. The van der Waals surface area contributed by atoms with E-state index >= 15 is 0 Å². The third kappa shape index (κ3) is 2.91. The molecule has 2 N–H and O–H groups in total. The van der Waals surface area contributed by atoms with E-state index in [4.69, 9.17) is 4.74 Å². The third-order valence-electron chi connectivity index (χ3n) is 2.65. The van der Waals surface area contributed by atoms with E-state index in [9.17, 15) is 14.3 Å². The molecule has 0 aromatic heterocycles. The summed E-state index contributed by atoms with van der Waals surface area (Å²) < 4.78 is 19.0. The van der Waals surface area contributed by atoms with Crippen molar-refractivity contribution >= 4 is 27.5 Å². The number of ether oxygens (including phenoxy) is 1. The molecule has 2 aromatic rings. The van der Waals surface area contributed by atoms with Crippen molar-refractivity contribution in [3.63, 3.8) is 0 Å². The van der Waals surface area contributed by atoms with E-state index in [1.807, 2.05) is 0 Å². The number of carbonyl (C=O) groups excluding carboxylic acids is 1. The van der Waals surface area contributed by atoms with E-state index in [0.717, 1.165) is 0 Å². The first-order chi connectivity index (χ1) is 9.52. The Balaban J connectivity index is 2.29. The molecule has 2 aromatic carbocycles. The second-order valence-corrected chi connectivity index (χ2v) is 4.79. The van der Waals surface area contributed by atoms with E-state index < -0.39 is 11.7 Å². The molecule has 0 saturated heterocycles. The Hall–Kier alpha value is -2.08. The lowest BCUT2D eigenvalue weighted by atomic mass is 10.1. The predicted octanol–water partition coefficient (Wildman–Crippen LogP) is 3.55. The van der Waals surface area contributed by atoms with Gasteiger partial charge in [0.25, 0.3) is 5.91 Å². The fourth-order valence-electron chi connectivity index (χ4n) is 1.63. The number of phenols is 1. The van der Waals surface area contributed by atoms with Crippen molar-refractivity contribution in [1.82, 2.24) is 0 Å². The minimum Gasteiger partial charge on any atom is -0.507 e. The second kappa shape index (κ2) is 5.92. The van der Waals surface area contributed by atoms with Gasteiger partial charge in [0, 0.05) is 10.5 Å². The highest BCUT2D eigenvalue weighted by Gasteiger charge is 2.15. The topological polar surface area (TPSA) is 58.6 Å². The molecule has 0 aliphatic carbocycles. The molecule has 0 spiro atoms. The summed E-state index contributed by atoms with van der Waals surface area (Å²) in [6, 6.07) is 8.59. The zero-order valence-corrected chi connectivity index (χ0v) is 12.1. The van der Waals surface area contributed by atoms with Crippen molar-refractivity contribution in [3.05, 3.63) is 52.3 Å². The third-order valence-corrected chi connectivity index (χ3v) is 3.31. The number of methoxy groups -OCH3 is 1. The number of para-hydroxylation sites is 1. The Labute approximate surface area is 123 Å². The molecule has 1 amide bonds. The van der Waals surface area contributed by atoms with Crippen LogP contribution in [0.1, 0.15) is 10.4 Å². The maximum atomic E-state index is 13.6. The predicted molar refractivity (Wildman–Crippen MR) is 76.7 cm³/mol. The van der Waals surface area contributed by atoms with Crippen LogP contribution in [-0.2, 0) is 0 Å². The summed E-state index contributed by atoms with van der Waals surface area (Å²) in [5.74, 6) is -1.00. The number of halogens is 2. The summed E-state index contributed by atoms with van der Waals surface area (Å²) in [6.07, 6.45) is 0. The molecule has 0 atom stereocenters. The number of anilines is 1. The van der Waals surface area contributed by atoms with Crippen molar-refractivity contribution < 1.29 is 19.0 Å². The zero-order valence-electron chi connectivity index (χ0n) is 10.5. The normalized spacial score (nSPS) is 10.2. The van der Waals surface area contributed by atoms with Crippen LogP contribution in [0.15, 0.2) is 40.9 Å². The van der Waals surface area contributed by atoms with Crippen LogP contribution in [0.4, 0.5) is 10.1 Å². The van der Waals surface area contributed by atoms with Crippen LogP contribution in [0.3, 0.4) is 0 Å². The number of benzene rings is 2. The van der Waals surface area contributed by atoms with Crippen LogP contribution in [0.25, 0.3) is 0 Å². The largest absolute Gasteiger partial charge is 0.507 e. The number of rotatable bonds is 3. The van der Waals surface area contributed by atoms with E-state index in [-0.39, 0.29) is 17.0 Å². The Kier molecular flexibility index (Phi) is 4.24. The summed E-state index contributed by atoms with van der Waals surface area (Å²) in [6.45, 7) is 0. The standard InChI is InChI=1S/C14H11BrFNO3/c1-20-8-5-6-9(12(18)7-8)14(19)17-13-10(15)3-2-4-11(13)16/h2-7,18H,1H3,(H,17,19). The molecule has 0 radical (unpaired) electrons. The summed E-state index contributed by atoms with van der Waals surface area (Å²) in [7, 11) is 1.45. The highest BCUT2D eigenvalue weighted by Crippen LogP contribution is 2.28. The summed E-state index contributed by atoms with van der Waals surface area (Å²) in [4.78, 5) is 12.0. The molecule has 104 valence electrons. The van der Waals surface area contributed by atoms with Gasteiger partial charge in [-0.05, 0) is 40.2 Å². The second-order valence-electron chi connectivity index (χ2n) is 3.93. The fraction of sp³-hybridized carbons (Fsp3) is 0.0714. The Morgan fingerprint density at radius 1 is 1.35 bits per heavy atom. The molecule has 4 nitrogen and oxygen atoms in total. The summed E-state index contributed by atoms with van der Waals surface area (Å²) >= 11 is 3.15. The molecular formula is C14H11BrFNO3. The molecule has 0 aliphatic rings.